The largest absolute Gasteiger partial charge is 0.308 e. The summed E-state index contributed by atoms with van der Waals surface area (Å²) in [6, 6.07) is 48.0. The normalized spacial score (nSPS) is 12.4. The zero-order chi connectivity index (χ0) is 46.9. The molecule has 0 radical (unpaired) electrons. The van der Waals surface area contributed by atoms with Gasteiger partial charge in [-0.3, -0.25) is 0 Å². The zero-order valence-corrected chi connectivity index (χ0v) is 41.4. The number of aromatic nitrogens is 2. The van der Waals surface area contributed by atoms with E-state index in [9.17, 15) is 0 Å². The monoisotopic (exact) mass is 876 g/mol. The molecule has 0 N–H and O–H groups in total. The highest BCUT2D eigenvalue weighted by molar-refractivity contribution is 6.45. The van der Waals surface area contributed by atoms with E-state index < -0.39 is 0 Å². The van der Waals surface area contributed by atoms with Gasteiger partial charge in [0.15, 0.2) is 0 Å². The molecule has 0 bridgehead atoms. The first-order valence-electron chi connectivity index (χ1n) is 24.4. The van der Waals surface area contributed by atoms with Crippen molar-refractivity contribution in [3.63, 3.8) is 0 Å². The zero-order valence-electron chi connectivity index (χ0n) is 41.4. The third-order valence-electron chi connectivity index (χ3n) is 15.8. The maximum atomic E-state index is 2.64. The Morgan fingerprint density at radius 2 is 0.485 bits per heavy atom. The van der Waals surface area contributed by atoms with E-state index in [1.54, 1.807) is 0 Å². The summed E-state index contributed by atoms with van der Waals surface area (Å²) in [6.07, 6.45) is 0. The Labute approximate surface area is 398 Å². The fourth-order valence-electron chi connectivity index (χ4n) is 13.8. The van der Waals surface area contributed by atoms with Crippen molar-refractivity contribution in [2.45, 2.75) is 83.1 Å². The van der Waals surface area contributed by atoms with Gasteiger partial charge in [-0.1, -0.05) is 107 Å². The van der Waals surface area contributed by atoms with Gasteiger partial charge in [-0.25, -0.2) is 0 Å². The molecule has 0 aliphatic rings. The Morgan fingerprint density at radius 3 is 0.779 bits per heavy atom. The lowest BCUT2D eigenvalue weighted by Gasteiger charge is -2.13. The van der Waals surface area contributed by atoms with Crippen molar-refractivity contribution in [3.05, 3.63) is 188 Å². The number of fused-ring (bicyclic) bond motifs is 14. The average Bonchev–Trinajstić information content (AvgIpc) is 3.98. The van der Waals surface area contributed by atoms with Crippen molar-refractivity contribution in [2.24, 2.45) is 0 Å². The summed E-state index contributed by atoms with van der Waals surface area (Å²) >= 11 is 0. The van der Waals surface area contributed by atoms with Crippen LogP contribution in [0.4, 0.5) is 0 Å². The Balaban J connectivity index is 1.26. The second-order valence-electron chi connectivity index (χ2n) is 20.9. The van der Waals surface area contributed by atoms with Crippen LogP contribution in [-0.2, 0) is 0 Å². The fourth-order valence-corrected chi connectivity index (χ4v) is 13.8. The summed E-state index contributed by atoms with van der Waals surface area (Å²) in [5.74, 6) is 0. The van der Waals surface area contributed by atoms with Crippen molar-refractivity contribution in [3.8, 4) is 44.5 Å². The topological polar surface area (TPSA) is 8.82 Å². The van der Waals surface area contributed by atoms with Gasteiger partial charge >= 0.3 is 0 Å². The minimum Gasteiger partial charge on any atom is -0.308 e. The van der Waals surface area contributed by atoms with Crippen molar-refractivity contribution >= 4 is 76.2 Å². The highest BCUT2D eigenvalue weighted by Gasteiger charge is 2.30. The van der Waals surface area contributed by atoms with Crippen LogP contribution in [0.25, 0.3) is 121 Å². The Kier molecular flexibility index (Phi) is 8.44. The van der Waals surface area contributed by atoms with Gasteiger partial charge in [0.05, 0.1) is 33.1 Å². The Hall–Kier alpha value is -7.42. The number of nitrogens with zero attached hydrogens (tertiary/aromatic N) is 2. The smallest absolute Gasteiger partial charge is 0.0634 e. The number of benzene rings is 9. The fraction of sp³-hybridized carbons (Fsp3) is 0.182. The summed E-state index contributed by atoms with van der Waals surface area (Å²) in [6.45, 7) is 27.0. The minimum atomic E-state index is 1.25. The van der Waals surface area contributed by atoms with Gasteiger partial charge in [-0.15, -0.1) is 0 Å². The predicted molar refractivity (Wildman–Crippen MR) is 294 cm³/mol. The molecule has 13 rings (SSSR count). The molecule has 0 saturated heterocycles. The molecule has 0 atom stereocenters. The predicted octanol–water partition coefficient (Wildman–Crippen LogP) is 18.4. The first kappa shape index (κ1) is 40.8. The van der Waals surface area contributed by atoms with Gasteiger partial charge in [0.25, 0.3) is 0 Å². The van der Waals surface area contributed by atoms with Crippen LogP contribution in [-0.4, -0.2) is 8.80 Å². The van der Waals surface area contributed by atoms with Crippen molar-refractivity contribution in [2.75, 3.05) is 0 Å². The van der Waals surface area contributed by atoms with Gasteiger partial charge in [0, 0.05) is 43.1 Å². The minimum absolute atomic E-state index is 1.25. The SMILES string of the molecule is Cc1cc(C)c(-c2ccc3c(c2)c2c4c5ccc(-c6c(C)cc(C)cc6C)cc5n5c6ccc(-c7c(C)cc(C)cc7C)cc6c(c6c7ccc(-c8c(C)cc(C)cc8C)cc7n3c26)c45)c(C)c1. The number of rotatable bonds is 4. The molecule has 9 aromatic carbocycles. The molecule has 0 unspecified atom stereocenters. The van der Waals surface area contributed by atoms with Crippen LogP contribution in [0.2, 0.25) is 0 Å². The summed E-state index contributed by atoms with van der Waals surface area (Å²) in [5.41, 5.74) is 33.8. The standard InChI is InChI=1S/C66H56N2/c1-33-21-37(5)57(38(6)22-33)45-15-19-53-51(29-45)63-61-49-17-13-48(60-43(11)27-36(4)28-44(60)12)32-56(49)68-54-20-16-46(58-39(7)23-34(2)24-40(58)8)30-52(54)64(66(61)68)62-50-18-14-47(31-55(50)67(53)65(62)63)59-41(9)25-35(3)26-42(59)10/h13-32H,1-12H3. The molecule has 0 aliphatic carbocycles. The molecule has 0 spiro atoms. The maximum absolute atomic E-state index is 2.64. The van der Waals surface area contributed by atoms with E-state index in [0.29, 0.717) is 0 Å². The summed E-state index contributed by atoms with van der Waals surface area (Å²) in [7, 11) is 0. The van der Waals surface area contributed by atoms with E-state index in [-0.39, 0.29) is 0 Å². The highest BCUT2D eigenvalue weighted by atomic mass is 14.9. The van der Waals surface area contributed by atoms with E-state index in [2.05, 4.69) is 213 Å². The van der Waals surface area contributed by atoms with Crippen LogP contribution in [0.1, 0.15) is 66.8 Å². The van der Waals surface area contributed by atoms with E-state index >= 15 is 0 Å². The van der Waals surface area contributed by atoms with Gasteiger partial charge in [-0.2, -0.15) is 0 Å². The summed E-state index contributed by atoms with van der Waals surface area (Å²) < 4.78 is 5.28. The molecule has 4 aromatic heterocycles. The van der Waals surface area contributed by atoms with E-state index in [0.717, 1.165) is 0 Å². The first-order valence-corrected chi connectivity index (χ1v) is 24.4. The molecular weight excluding hydrogens is 821 g/mol. The van der Waals surface area contributed by atoms with Gasteiger partial charge < -0.3 is 8.80 Å². The average molecular weight is 877 g/mol. The van der Waals surface area contributed by atoms with Crippen LogP contribution >= 0.6 is 0 Å². The highest BCUT2D eigenvalue weighted by Crippen LogP contribution is 2.53. The molecule has 0 aliphatic heterocycles. The molecule has 68 heavy (non-hydrogen) atoms. The first-order chi connectivity index (χ1) is 32.7. The van der Waals surface area contributed by atoms with E-state index in [1.165, 1.54) is 187 Å². The lowest BCUT2D eigenvalue weighted by Crippen LogP contribution is -1.91. The molecule has 13 aromatic rings. The molecule has 0 fully saturated rings. The molecule has 2 heteroatoms. The van der Waals surface area contributed by atoms with Crippen molar-refractivity contribution in [1.29, 1.82) is 0 Å². The quantitative estimate of drug-likeness (QED) is 0.167. The molecule has 0 saturated carbocycles. The van der Waals surface area contributed by atoms with E-state index in [4.69, 9.17) is 0 Å². The second-order valence-corrected chi connectivity index (χ2v) is 20.9. The Morgan fingerprint density at radius 1 is 0.235 bits per heavy atom. The Bertz CT molecular complexity index is 4000. The van der Waals surface area contributed by atoms with E-state index in [1.807, 2.05) is 0 Å². The van der Waals surface area contributed by atoms with Crippen molar-refractivity contribution in [1.82, 2.24) is 8.80 Å². The maximum Gasteiger partial charge on any atom is 0.0634 e. The summed E-state index contributed by atoms with van der Waals surface area (Å²) in [5, 5.41) is 10.6. The van der Waals surface area contributed by atoms with Crippen LogP contribution in [0.3, 0.4) is 0 Å². The third kappa shape index (κ3) is 5.46. The van der Waals surface area contributed by atoms with Crippen LogP contribution < -0.4 is 0 Å². The molecule has 4 heterocycles. The number of aryl methyl sites for hydroxylation is 12. The molecule has 2 nitrogen and oxygen atoms in total. The third-order valence-corrected chi connectivity index (χ3v) is 15.8. The molecule has 330 valence electrons. The lowest BCUT2D eigenvalue weighted by molar-refractivity contribution is 1.31. The van der Waals surface area contributed by atoms with Crippen LogP contribution in [0.5, 0.6) is 0 Å². The molecular formula is C66H56N2. The van der Waals surface area contributed by atoms with Gasteiger partial charge in [-0.05, 0) is 208 Å². The second kappa shape index (κ2) is 14.1. The number of hydrogen-bond donors (Lipinski definition) is 0. The van der Waals surface area contributed by atoms with Gasteiger partial charge in [0.2, 0.25) is 0 Å². The summed E-state index contributed by atoms with van der Waals surface area (Å²) in [4.78, 5) is 0. The number of hydrogen-bond acceptors (Lipinski definition) is 0. The van der Waals surface area contributed by atoms with Crippen LogP contribution in [0, 0.1) is 83.1 Å². The lowest BCUT2D eigenvalue weighted by atomic mass is 9.90. The molecule has 0 amide bonds. The van der Waals surface area contributed by atoms with Crippen LogP contribution in [0.15, 0.2) is 121 Å². The van der Waals surface area contributed by atoms with Crippen molar-refractivity contribution < 1.29 is 0 Å². The van der Waals surface area contributed by atoms with Gasteiger partial charge in [0.1, 0.15) is 0 Å².